The van der Waals surface area contributed by atoms with Crippen LogP contribution >= 0.6 is 7.82 Å². The summed E-state index contributed by atoms with van der Waals surface area (Å²) in [4.78, 5) is 9.78. The van der Waals surface area contributed by atoms with Gasteiger partial charge in [0.25, 0.3) is 0 Å². The zero-order valence-corrected chi connectivity index (χ0v) is 29.9. The quantitative estimate of drug-likeness (QED) is 0.0553. The fourth-order valence-corrected chi connectivity index (χ4v) is 6.00. The second-order valence-electron chi connectivity index (χ2n) is 12.5. The van der Waals surface area contributed by atoms with Gasteiger partial charge in [-0.15, -0.1) is 0 Å². The molecule has 0 radical (unpaired) electrons. The molecule has 0 aliphatic rings. The number of hydrogen-bond acceptors (Lipinski definition) is 4. The summed E-state index contributed by atoms with van der Waals surface area (Å²) in [7, 11) is -3.86. The molecule has 0 heterocycles. The lowest BCUT2D eigenvalue weighted by Crippen LogP contribution is -1.99. The first-order valence-corrected chi connectivity index (χ1v) is 20.4. The lowest BCUT2D eigenvalue weighted by atomic mass is 10.1. The van der Waals surface area contributed by atoms with E-state index in [1.54, 1.807) is 0 Å². The lowest BCUT2D eigenvalue weighted by molar-refractivity contribution is 0.145. The van der Waals surface area contributed by atoms with Crippen molar-refractivity contribution in [1.82, 2.24) is 0 Å². The Morgan fingerprint density at radius 1 is 0.405 bits per heavy atom. The van der Waals surface area contributed by atoms with E-state index in [9.17, 15) is 9.46 Å². The van der Waals surface area contributed by atoms with E-state index in [2.05, 4.69) is 20.8 Å². The van der Waals surface area contributed by atoms with E-state index in [1.807, 2.05) is 0 Å². The molecule has 256 valence electrons. The summed E-state index contributed by atoms with van der Waals surface area (Å²) >= 11 is 0. The maximum Gasteiger partial charge on any atom is 0.472 e. The molecule has 0 aromatic heterocycles. The van der Waals surface area contributed by atoms with Crippen molar-refractivity contribution in [2.45, 2.75) is 213 Å². The largest absolute Gasteiger partial charge is 0.472 e. The molecule has 0 spiro atoms. The molecular weight excluding hydrogens is 541 g/mol. The summed E-state index contributed by atoms with van der Waals surface area (Å²) in [6, 6.07) is 0. The summed E-state index contributed by atoms with van der Waals surface area (Å²) in [5, 5.41) is 0. The second kappa shape index (κ2) is 39.1. The summed E-state index contributed by atoms with van der Waals surface area (Å²) in [6.45, 7) is 8.28. The van der Waals surface area contributed by atoms with Gasteiger partial charge in [0.2, 0.25) is 0 Å². The average Bonchev–Trinajstić information content (AvgIpc) is 2.98. The minimum atomic E-state index is -3.86. The molecule has 3 N–H and O–H groups in total. The van der Waals surface area contributed by atoms with Gasteiger partial charge < -0.3 is 10.6 Å². The van der Waals surface area contributed by atoms with Crippen molar-refractivity contribution < 1.29 is 18.5 Å². The molecule has 0 aliphatic carbocycles. The maximum atomic E-state index is 11.9. The van der Waals surface area contributed by atoms with Gasteiger partial charge in [0.05, 0.1) is 13.2 Å². The zero-order valence-electron chi connectivity index (χ0n) is 29.0. The van der Waals surface area contributed by atoms with Crippen LogP contribution in [0.15, 0.2) is 0 Å². The van der Waals surface area contributed by atoms with E-state index in [1.165, 1.54) is 167 Å². The van der Waals surface area contributed by atoms with Gasteiger partial charge in [-0.2, -0.15) is 0 Å². The van der Waals surface area contributed by atoms with Crippen molar-refractivity contribution in [2.24, 2.45) is 5.73 Å². The Labute approximate surface area is 264 Å². The van der Waals surface area contributed by atoms with Crippen molar-refractivity contribution in [3.05, 3.63) is 0 Å². The third-order valence-corrected chi connectivity index (χ3v) is 9.08. The van der Waals surface area contributed by atoms with Crippen LogP contribution in [-0.2, 0) is 13.6 Å². The number of unbranched alkanes of at least 4 members (excludes halogenated alkanes) is 27. The van der Waals surface area contributed by atoms with Crippen LogP contribution in [0.25, 0.3) is 0 Å². The molecule has 0 atom stereocenters. The molecule has 0 fully saturated rings. The Kier molecular flexibility index (Phi) is 41.1. The van der Waals surface area contributed by atoms with Crippen LogP contribution in [0.3, 0.4) is 0 Å². The van der Waals surface area contributed by atoms with E-state index in [-0.39, 0.29) is 0 Å². The molecule has 0 amide bonds. The first-order valence-electron chi connectivity index (χ1n) is 18.9. The van der Waals surface area contributed by atoms with Crippen molar-refractivity contribution in [3.8, 4) is 0 Å². The number of nitrogens with two attached hydrogens (primary N) is 1. The third kappa shape index (κ3) is 42.2. The molecule has 0 saturated heterocycles. The van der Waals surface area contributed by atoms with E-state index in [4.69, 9.17) is 14.8 Å². The Hall–Kier alpha value is 0.0700. The highest BCUT2D eigenvalue weighted by atomic mass is 31.2. The number of phosphoric ester groups is 1. The Balaban J connectivity index is 0. The Bertz CT molecular complexity index is 481. The zero-order chi connectivity index (χ0) is 31.2. The van der Waals surface area contributed by atoms with Crippen molar-refractivity contribution in [1.29, 1.82) is 0 Å². The summed E-state index contributed by atoms with van der Waals surface area (Å²) < 4.78 is 22.2. The van der Waals surface area contributed by atoms with Crippen molar-refractivity contribution >= 4 is 7.82 Å². The summed E-state index contributed by atoms with van der Waals surface area (Å²) in [5.41, 5.74) is 5.34. The molecular formula is C36H78NO4P. The number of rotatable bonds is 34. The van der Waals surface area contributed by atoms with Crippen molar-refractivity contribution in [3.63, 3.8) is 0 Å². The van der Waals surface area contributed by atoms with Gasteiger partial charge >= 0.3 is 7.82 Å². The van der Waals surface area contributed by atoms with Gasteiger partial charge in [-0.25, -0.2) is 4.57 Å². The first kappa shape index (κ1) is 44.2. The molecule has 0 aliphatic heterocycles. The van der Waals surface area contributed by atoms with Crippen LogP contribution in [0, 0.1) is 0 Å². The first-order chi connectivity index (χ1) is 20.5. The fraction of sp³-hybridized carbons (Fsp3) is 1.00. The van der Waals surface area contributed by atoms with Crippen molar-refractivity contribution in [2.75, 3.05) is 19.8 Å². The van der Waals surface area contributed by atoms with Crippen LogP contribution < -0.4 is 5.73 Å². The van der Waals surface area contributed by atoms with Gasteiger partial charge in [-0.3, -0.25) is 9.05 Å². The van der Waals surface area contributed by atoms with Crippen LogP contribution in [0.2, 0.25) is 0 Å². The van der Waals surface area contributed by atoms with Crippen LogP contribution in [0.1, 0.15) is 213 Å². The maximum absolute atomic E-state index is 11.9. The molecule has 0 aromatic rings. The molecule has 6 heteroatoms. The van der Waals surface area contributed by atoms with Gasteiger partial charge in [0, 0.05) is 0 Å². The molecule has 0 bridgehead atoms. The molecule has 0 unspecified atom stereocenters. The van der Waals surface area contributed by atoms with Crippen LogP contribution in [0.5, 0.6) is 0 Å². The van der Waals surface area contributed by atoms with Gasteiger partial charge in [-0.05, 0) is 25.8 Å². The summed E-state index contributed by atoms with van der Waals surface area (Å²) in [5.74, 6) is 0. The lowest BCUT2D eigenvalue weighted by Gasteiger charge is -2.12. The van der Waals surface area contributed by atoms with Crippen LogP contribution in [-0.4, -0.2) is 24.7 Å². The highest BCUT2D eigenvalue weighted by molar-refractivity contribution is 7.47. The smallest absolute Gasteiger partial charge is 0.330 e. The SMILES string of the molecule is CCCCCCCCCCCCCCOP(=O)(O)OCCCCCCCCCCCCCC.CCCCCCCCN. The van der Waals surface area contributed by atoms with Gasteiger partial charge in [0.1, 0.15) is 0 Å². The van der Waals surface area contributed by atoms with Crippen LogP contribution in [0.4, 0.5) is 0 Å². The van der Waals surface area contributed by atoms with E-state index in [0.717, 1.165) is 32.2 Å². The Morgan fingerprint density at radius 2 is 0.619 bits per heavy atom. The predicted molar refractivity (Wildman–Crippen MR) is 186 cm³/mol. The topological polar surface area (TPSA) is 81.8 Å². The fourth-order valence-electron chi connectivity index (χ4n) is 5.21. The van der Waals surface area contributed by atoms with E-state index >= 15 is 0 Å². The third-order valence-electron chi connectivity index (χ3n) is 8.06. The predicted octanol–water partition coefficient (Wildman–Crippen LogP) is 12.8. The minimum absolute atomic E-state index is 0.323. The average molecular weight is 620 g/mol. The molecule has 0 aromatic carbocycles. The number of hydrogen-bond donors (Lipinski definition) is 2. The Morgan fingerprint density at radius 3 is 0.857 bits per heavy atom. The van der Waals surface area contributed by atoms with Gasteiger partial charge in [-0.1, -0.05) is 194 Å². The highest BCUT2D eigenvalue weighted by Gasteiger charge is 2.19. The minimum Gasteiger partial charge on any atom is -0.330 e. The molecule has 0 saturated carbocycles. The highest BCUT2D eigenvalue weighted by Crippen LogP contribution is 2.43. The molecule has 5 nitrogen and oxygen atoms in total. The van der Waals surface area contributed by atoms with Gasteiger partial charge in [0.15, 0.2) is 0 Å². The van der Waals surface area contributed by atoms with E-state index < -0.39 is 7.82 Å². The number of phosphoric acid groups is 1. The monoisotopic (exact) mass is 620 g/mol. The normalized spacial score (nSPS) is 11.5. The second-order valence-corrected chi connectivity index (χ2v) is 13.9. The molecule has 0 rings (SSSR count). The standard InChI is InChI=1S/C28H59O4P.C8H19N/c1-3-5-7-9-11-13-15-17-19-21-23-25-27-31-33(29,30)32-28-26-24-22-20-18-16-14-12-10-8-6-4-2;1-2-3-4-5-6-7-8-9/h3-28H2,1-2H3,(H,29,30);2-9H2,1H3. The molecule has 42 heavy (non-hydrogen) atoms. The summed E-state index contributed by atoms with van der Waals surface area (Å²) in [6.07, 6.45) is 38.6. The van der Waals surface area contributed by atoms with E-state index in [0.29, 0.717) is 13.2 Å².